The summed E-state index contributed by atoms with van der Waals surface area (Å²) in [5, 5.41) is 4.36. The van der Waals surface area contributed by atoms with Gasteiger partial charge in [-0.3, -0.25) is 4.90 Å². The number of hydrogen-bond acceptors (Lipinski definition) is 7. The average molecular weight is 372 g/mol. The van der Waals surface area contributed by atoms with E-state index in [4.69, 9.17) is 4.98 Å². The fraction of sp³-hybridized carbons (Fsp3) is 0.389. The van der Waals surface area contributed by atoms with Gasteiger partial charge in [0.25, 0.3) is 0 Å². The summed E-state index contributed by atoms with van der Waals surface area (Å²) in [6, 6.07) is 10.4. The second-order valence-corrected chi connectivity index (χ2v) is 7.71. The van der Waals surface area contributed by atoms with Crippen LogP contribution in [0.2, 0.25) is 0 Å². The first-order chi connectivity index (χ1) is 12.3. The van der Waals surface area contributed by atoms with E-state index in [1.54, 1.807) is 11.3 Å². The SMILES string of the molecule is CCc1nsc(N2CCN(Cc3csc(-c4ccccc4)n3)CC2)n1. The molecule has 25 heavy (non-hydrogen) atoms. The quantitative estimate of drug-likeness (QED) is 0.686. The molecule has 3 heterocycles. The fourth-order valence-corrected chi connectivity index (χ4v) is 4.55. The van der Waals surface area contributed by atoms with Crippen molar-refractivity contribution in [2.75, 3.05) is 31.1 Å². The summed E-state index contributed by atoms with van der Waals surface area (Å²) in [6.07, 6.45) is 0.907. The number of piperazine rings is 1. The van der Waals surface area contributed by atoms with E-state index in [1.165, 1.54) is 22.8 Å². The highest BCUT2D eigenvalue weighted by atomic mass is 32.1. The van der Waals surface area contributed by atoms with Crippen LogP contribution in [0.1, 0.15) is 18.4 Å². The minimum atomic E-state index is 0.907. The standard InChI is InChI=1S/C18H21N5S2/c1-2-16-20-18(25-21-16)23-10-8-22(9-11-23)12-15-13-24-17(19-15)14-6-4-3-5-7-14/h3-7,13H,2,8-12H2,1H3. The van der Waals surface area contributed by atoms with Gasteiger partial charge in [0.1, 0.15) is 10.8 Å². The Labute approximate surface area is 156 Å². The van der Waals surface area contributed by atoms with Crippen molar-refractivity contribution in [2.45, 2.75) is 19.9 Å². The molecular formula is C18H21N5S2. The van der Waals surface area contributed by atoms with Gasteiger partial charge in [-0.15, -0.1) is 11.3 Å². The lowest BCUT2D eigenvalue weighted by Crippen LogP contribution is -2.46. The molecular weight excluding hydrogens is 350 g/mol. The Morgan fingerprint density at radius 1 is 1.04 bits per heavy atom. The van der Waals surface area contributed by atoms with Crippen LogP contribution in [0.25, 0.3) is 10.6 Å². The number of aryl methyl sites for hydroxylation is 1. The van der Waals surface area contributed by atoms with Crippen molar-refractivity contribution < 1.29 is 0 Å². The molecule has 5 nitrogen and oxygen atoms in total. The van der Waals surface area contributed by atoms with Gasteiger partial charge in [0.05, 0.1) is 5.69 Å². The van der Waals surface area contributed by atoms with Gasteiger partial charge in [-0.1, -0.05) is 37.3 Å². The summed E-state index contributed by atoms with van der Waals surface area (Å²) in [7, 11) is 0. The van der Waals surface area contributed by atoms with Gasteiger partial charge in [-0.05, 0) is 0 Å². The van der Waals surface area contributed by atoms with Crippen LogP contribution in [0.4, 0.5) is 5.13 Å². The molecule has 0 bridgehead atoms. The van der Waals surface area contributed by atoms with Crippen LogP contribution < -0.4 is 4.90 Å². The average Bonchev–Trinajstić information content (AvgIpc) is 3.33. The van der Waals surface area contributed by atoms with E-state index < -0.39 is 0 Å². The number of rotatable bonds is 5. The molecule has 0 saturated carbocycles. The van der Waals surface area contributed by atoms with E-state index in [9.17, 15) is 0 Å². The molecule has 7 heteroatoms. The highest BCUT2D eigenvalue weighted by Crippen LogP contribution is 2.24. The molecule has 0 aliphatic carbocycles. The van der Waals surface area contributed by atoms with Gasteiger partial charge in [0.2, 0.25) is 5.13 Å². The van der Waals surface area contributed by atoms with Crippen LogP contribution in [0.3, 0.4) is 0 Å². The van der Waals surface area contributed by atoms with Gasteiger partial charge in [0, 0.05) is 61.6 Å². The lowest BCUT2D eigenvalue weighted by molar-refractivity contribution is 0.247. The zero-order valence-electron chi connectivity index (χ0n) is 14.3. The Bertz CT molecular complexity index is 806. The number of benzene rings is 1. The fourth-order valence-electron chi connectivity index (χ4n) is 2.94. The van der Waals surface area contributed by atoms with Crippen molar-refractivity contribution in [3.8, 4) is 10.6 Å². The van der Waals surface area contributed by atoms with E-state index in [0.717, 1.165) is 55.1 Å². The Morgan fingerprint density at radius 2 is 1.84 bits per heavy atom. The first-order valence-electron chi connectivity index (χ1n) is 8.61. The minimum absolute atomic E-state index is 0.907. The maximum absolute atomic E-state index is 4.81. The Hall–Kier alpha value is -1.83. The lowest BCUT2D eigenvalue weighted by Gasteiger charge is -2.33. The van der Waals surface area contributed by atoms with Gasteiger partial charge in [-0.2, -0.15) is 4.37 Å². The zero-order valence-corrected chi connectivity index (χ0v) is 15.9. The Balaban J connectivity index is 1.34. The highest BCUT2D eigenvalue weighted by molar-refractivity contribution is 7.13. The minimum Gasteiger partial charge on any atom is -0.344 e. The summed E-state index contributed by atoms with van der Waals surface area (Å²) in [6.45, 7) is 7.12. The highest BCUT2D eigenvalue weighted by Gasteiger charge is 2.20. The van der Waals surface area contributed by atoms with Gasteiger partial charge in [0.15, 0.2) is 0 Å². The van der Waals surface area contributed by atoms with Crippen molar-refractivity contribution in [2.24, 2.45) is 0 Å². The molecule has 1 aliphatic heterocycles. The molecule has 1 aromatic carbocycles. The van der Waals surface area contributed by atoms with Crippen molar-refractivity contribution >= 4 is 28.0 Å². The summed E-state index contributed by atoms with van der Waals surface area (Å²) < 4.78 is 4.39. The van der Waals surface area contributed by atoms with Crippen molar-refractivity contribution in [1.29, 1.82) is 0 Å². The third kappa shape index (κ3) is 3.89. The van der Waals surface area contributed by atoms with Gasteiger partial charge in [-0.25, -0.2) is 9.97 Å². The monoisotopic (exact) mass is 371 g/mol. The lowest BCUT2D eigenvalue weighted by atomic mass is 10.2. The molecule has 0 unspecified atom stereocenters. The van der Waals surface area contributed by atoms with E-state index in [2.05, 4.69) is 55.7 Å². The first kappa shape index (κ1) is 16.6. The second-order valence-electron chi connectivity index (χ2n) is 6.12. The first-order valence-corrected chi connectivity index (χ1v) is 10.3. The second kappa shape index (κ2) is 7.59. The van der Waals surface area contributed by atoms with E-state index in [1.807, 2.05) is 6.07 Å². The van der Waals surface area contributed by atoms with Crippen LogP contribution >= 0.6 is 22.9 Å². The van der Waals surface area contributed by atoms with Crippen molar-refractivity contribution in [3.05, 3.63) is 47.2 Å². The number of thiazole rings is 1. The van der Waals surface area contributed by atoms with Crippen LogP contribution in [0.15, 0.2) is 35.7 Å². The molecule has 4 rings (SSSR count). The predicted octanol–water partition coefficient (Wildman–Crippen LogP) is 3.55. The molecule has 2 aromatic heterocycles. The normalized spacial score (nSPS) is 15.6. The maximum atomic E-state index is 4.81. The number of hydrogen-bond donors (Lipinski definition) is 0. The van der Waals surface area contributed by atoms with Crippen LogP contribution in [-0.2, 0) is 13.0 Å². The molecule has 3 aromatic rings. The van der Waals surface area contributed by atoms with E-state index in [-0.39, 0.29) is 0 Å². The molecule has 0 spiro atoms. The summed E-state index contributed by atoms with van der Waals surface area (Å²) in [4.78, 5) is 14.2. The van der Waals surface area contributed by atoms with Crippen molar-refractivity contribution in [1.82, 2.24) is 19.2 Å². The van der Waals surface area contributed by atoms with Gasteiger partial charge < -0.3 is 4.90 Å². The molecule has 0 N–H and O–H groups in total. The number of nitrogens with zero attached hydrogens (tertiary/aromatic N) is 5. The van der Waals surface area contributed by atoms with Crippen molar-refractivity contribution in [3.63, 3.8) is 0 Å². The molecule has 1 aliphatic rings. The third-order valence-electron chi connectivity index (χ3n) is 4.37. The molecule has 1 fully saturated rings. The van der Waals surface area contributed by atoms with Gasteiger partial charge >= 0.3 is 0 Å². The topological polar surface area (TPSA) is 45.2 Å². The predicted molar refractivity (Wildman–Crippen MR) is 104 cm³/mol. The van der Waals surface area contributed by atoms with Crippen LogP contribution in [0.5, 0.6) is 0 Å². The Morgan fingerprint density at radius 3 is 2.56 bits per heavy atom. The Kier molecular flexibility index (Phi) is 5.05. The van der Waals surface area contributed by atoms with Crippen LogP contribution in [-0.4, -0.2) is 45.4 Å². The number of anilines is 1. The van der Waals surface area contributed by atoms with Crippen LogP contribution in [0, 0.1) is 0 Å². The molecule has 0 atom stereocenters. The third-order valence-corrected chi connectivity index (χ3v) is 6.13. The van der Waals surface area contributed by atoms with E-state index in [0.29, 0.717) is 0 Å². The molecule has 1 saturated heterocycles. The zero-order chi connectivity index (χ0) is 17.1. The summed E-state index contributed by atoms with van der Waals surface area (Å²) in [5.74, 6) is 0.957. The summed E-state index contributed by atoms with van der Waals surface area (Å²) in [5.41, 5.74) is 2.37. The largest absolute Gasteiger partial charge is 0.344 e. The molecule has 0 radical (unpaired) electrons. The maximum Gasteiger partial charge on any atom is 0.205 e. The summed E-state index contributed by atoms with van der Waals surface area (Å²) >= 11 is 3.25. The molecule has 0 amide bonds. The molecule has 130 valence electrons. The number of aromatic nitrogens is 3. The van der Waals surface area contributed by atoms with E-state index >= 15 is 0 Å². The smallest absolute Gasteiger partial charge is 0.205 e.